The number of fused-ring (bicyclic) bond motifs is 1. The Morgan fingerprint density at radius 3 is 2.53 bits per heavy atom. The number of ether oxygens (including phenoxy) is 1. The molecule has 4 aromatic rings. The van der Waals surface area contributed by atoms with E-state index in [1.165, 1.54) is 12.1 Å². The second-order valence-electron chi connectivity index (χ2n) is 6.97. The summed E-state index contributed by atoms with van der Waals surface area (Å²) in [5.41, 5.74) is 2.45. The van der Waals surface area contributed by atoms with Crippen molar-refractivity contribution in [2.75, 3.05) is 12.4 Å². The Morgan fingerprint density at radius 2 is 1.84 bits per heavy atom. The highest BCUT2D eigenvalue weighted by molar-refractivity contribution is 7.60. The lowest BCUT2D eigenvalue weighted by Gasteiger charge is -2.12. The molecule has 0 spiro atoms. The van der Waals surface area contributed by atoms with E-state index in [9.17, 15) is 14.4 Å². The van der Waals surface area contributed by atoms with Crippen LogP contribution in [0, 0.1) is 0 Å². The van der Waals surface area contributed by atoms with Crippen molar-refractivity contribution in [1.29, 1.82) is 0 Å². The lowest BCUT2D eigenvalue weighted by molar-refractivity contribution is 0.387. The standard InChI is InChI=1S/C23H21N4O4P/c1-31-20-6-2-5-19-22(20)26-21(12-9-16-4-3-13-24-14-16)27-23(19)25-15-17-7-10-18(11-8-17)32(28,29)30/h2-14H,15H2,1H3,(H,25,26,27)(H2,28,29,30)/b12-9+. The first-order valence-electron chi connectivity index (χ1n) is 9.76. The van der Waals surface area contributed by atoms with E-state index < -0.39 is 7.60 Å². The lowest BCUT2D eigenvalue weighted by atomic mass is 10.2. The fourth-order valence-corrected chi connectivity index (χ4v) is 3.69. The zero-order valence-corrected chi connectivity index (χ0v) is 18.1. The van der Waals surface area contributed by atoms with Crippen LogP contribution in [0.5, 0.6) is 5.75 Å². The van der Waals surface area contributed by atoms with Crippen molar-refractivity contribution in [3.8, 4) is 5.75 Å². The van der Waals surface area contributed by atoms with Gasteiger partial charge in [-0.15, -0.1) is 0 Å². The van der Waals surface area contributed by atoms with Crippen molar-refractivity contribution in [2.45, 2.75) is 6.54 Å². The minimum Gasteiger partial charge on any atom is -0.494 e. The summed E-state index contributed by atoms with van der Waals surface area (Å²) < 4.78 is 16.9. The van der Waals surface area contributed by atoms with Crippen LogP contribution in [0.25, 0.3) is 23.1 Å². The molecule has 0 saturated heterocycles. The topological polar surface area (TPSA) is 117 Å². The lowest BCUT2D eigenvalue weighted by Crippen LogP contribution is -2.07. The van der Waals surface area contributed by atoms with Crippen molar-refractivity contribution in [3.63, 3.8) is 0 Å². The molecule has 2 aromatic heterocycles. The van der Waals surface area contributed by atoms with Crippen molar-refractivity contribution < 1.29 is 19.1 Å². The Labute approximate surface area is 184 Å². The Bertz CT molecular complexity index is 1310. The van der Waals surface area contributed by atoms with Crippen LogP contribution in [0.15, 0.2) is 67.0 Å². The normalized spacial score (nSPS) is 11.7. The first kappa shape index (κ1) is 21.6. The van der Waals surface area contributed by atoms with E-state index in [1.807, 2.05) is 42.5 Å². The maximum absolute atomic E-state index is 11.4. The zero-order chi connectivity index (χ0) is 22.6. The molecule has 0 atom stereocenters. The number of hydrogen-bond acceptors (Lipinski definition) is 6. The minimum absolute atomic E-state index is 0.0127. The number of rotatable bonds is 7. The molecular formula is C23H21N4O4P. The van der Waals surface area contributed by atoms with Gasteiger partial charge in [0.05, 0.1) is 12.4 Å². The molecule has 4 rings (SSSR count). The fourth-order valence-electron chi connectivity index (χ4n) is 3.16. The molecule has 0 unspecified atom stereocenters. The average molecular weight is 448 g/mol. The highest BCUT2D eigenvalue weighted by Crippen LogP contribution is 2.33. The zero-order valence-electron chi connectivity index (χ0n) is 17.2. The van der Waals surface area contributed by atoms with Gasteiger partial charge in [-0.2, -0.15) is 0 Å². The van der Waals surface area contributed by atoms with E-state index >= 15 is 0 Å². The molecule has 32 heavy (non-hydrogen) atoms. The molecular weight excluding hydrogens is 427 g/mol. The predicted octanol–water partition coefficient (Wildman–Crippen LogP) is 3.62. The molecule has 0 aliphatic heterocycles. The van der Waals surface area contributed by atoms with E-state index in [4.69, 9.17) is 4.74 Å². The van der Waals surface area contributed by atoms with Gasteiger partial charge < -0.3 is 19.8 Å². The maximum atomic E-state index is 11.4. The van der Waals surface area contributed by atoms with E-state index in [-0.39, 0.29) is 5.30 Å². The van der Waals surface area contributed by atoms with Crippen LogP contribution in [-0.4, -0.2) is 31.8 Å². The molecule has 0 radical (unpaired) electrons. The van der Waals surface area contributed by atoms with Gasteiger partial charge in [-0.3, -0.25) is 9.55 Å². The van der Waals surface area contributed by atoms with Crippen LogP contribution in [0.3, 0.4) is 0 Å². The summed E-state index contributed by atoms with van der Waals surface area (Å²) in [6.07, 6.45) is 7.15. The first-order chi connectivity index (χ1) is 15.4. The fraction of sp³-hybridized carbons (Fsp3) is 0.0870. The average Bonchev–Trinajstić information content (AvgIpc) is 2.81. The van der Waals surface area contributed by atoms with Crippen LogP contribution in [0.2, 0.25) is 0 Å². The summed E-state index contributed by atoms with van der Waals surface area (Å²) in [4.78, 5) is 32.0. The highest BCUT2D eigenvalue weighted by atomic mass is 31.2. The summed E-state index contributed by atoms with van der Waals surface area (Å²) in [6, 6.07) is 15.6. The molecule has 3 N–H and O–H groups in total. The number of hydrogen-bond donors (Lipinski definition) is 3. The summed E-state index contributed by atoms with van der Waals surface area (Å²) in [5, 5.41) is 4.09. The molecule has 0 aliphatic rings. The van der Waals surface area contributed by atoms with Gasteiger partial charge in [0.15, 0.2) is 5.82 Å². The molecule has 2 aromatic carbocycles. The minimum atomic E-state index is -4.26. The third-order valence-electron chi connectivity index (χ3n) is 4.77. The smallest absolute Gasteiger partial charge is 0.356 e. The van der Waals surface area contributed by atoms with Crippen molar-refractivity contribution in [2.24, 2.45) is 0 Å². The predicted molar refractivity (Wildman–Crippen MR) is 125 cm³/mol. The van der Waals surface area contributed by atoms with Crippen LogP contribution < -0.4 is 15.4 Å². The molecule has 0 bridgehead atoms. The number of nitrogens with one attached hydrogen (secondary N) is 1. The largest absolute Gasteiger partial charge is 0.494 e. The molecule has 9 heteroatoms. The molecule has 2 heterocycles. The quantitative estimate of drug-likeness (QED) is 0.367. The number of para-hydroxylation sites is 1. The van der Waals surface area contributed by atoms with E-state index in [2.05, 4.69) is 20.3 Å². The van der Waals surface area contributed by atoms with Gasteiger partial charge in [0.2, 0.25) is 0 Å². The molecule has 0 amide bonds. The van der Waals surface area contributed by atoms with E-state index in [0.717, 1.165) is 16.5 Å². The third kappa shape index (κ3) is 5.00. The molecule has 8 nitrogen and oxygen atoms in total. The van der Waals surface area contributed by atoms with Gasteiger partial charge in [0.1, 0.15) is 17.1 Å². The van der Waals surface area contributed by atoms with Gasteiger partial charge >= 0.3 is 7.60 Å². The number of anilines is 1. The number of aromatic nitrogens is 3. The SMILES string of the molecule is COc1cccc2c(NCc3ccc(P(=O)(O)O)cc3)nc(/C=C/c3cccnc3)nc12. The molecule has 0 aliphatic carbocycles. The summed E-state index contributed by atoms with van der Waals surface area (Å²) in [7, 11) is -2.67. The van der Waals surface area contributed by atoms with E-state index in [1.54, 1.807) is 31.6 Å². The van der Waals surface area contributed by atoms with Crippen LogP contribution >= 0.6 is 7.60 Å². The second-order valence-corrected chi connectivity index (χ2v) is 8.58. The Kier molecular flexibility index (Phi) is 6.28. The molecule has 162 valence electrons. The second kappa shape index (κ2) is 9.28. The van der Waals surface area contributed by atoms with Crippen LogP contribution in [0.4, 0.5) is 5.82 Å². The number of nitrogens with zero attached hydrogens (tertiary/aromatic N) is 3. The summed E-state index contributed by atoms with van der Waals surface area (Å²) in [5.74, 6) is 1.76. The van der Waals surface area contributed by atoms with Crippen LogP contribution in [-0.2, 0) is 11.1 Å². The summed E-state index contributed by atoms with van der Waals surface area (Å²) in [6.45, 7) is 0.413. The number of pyridine rings is 1. The van der Waals surface area contributed by atoms with Crippen molar-refractivity contribution >= 4 is 41.8 Å². The van der Waals surface area contributed by atoms with Crippen molar-refractivity contribution in [3.05, 3.63) is 83.9 Å². The monoisotopic (exact) mass is 448 g/mol. The Morgan fingerprint density at radius 1 is 1.03 bits per heavy atom. The summed E-state index contributed by atoms with van der Waals surface area (Å²) >= 11 is 0. The molecule has 0 fully saturated rings. The van der Waals surface area contributed by atoms with Crippen LogP contribution in [0.1, 0.15) is 17.0 Å². The van der Waals surface area contributed by atoms with Gasteiger partial charge in [-0.25, -0.2) is 9.97 Å². The first-order valence-corrected chi connectivity index (χ1v) is 11.4. The van der Waals surface area contributed by atoms with Gasteiger partial charge in [-0.05, 0) is 53.6 Å². The van der Waals surface area contributed by atoms with Gasteiger partial charge in [0, 0.05) is 24.3 Å². The maximum Gasteiger partial charge on any atom is 0.356 e. The van der Waals surface area contributed by atoms with Gasteiger partial charge in [-0.1, -0.05) is 24.3 Å². The molecule has 0 saturated carbocycles. The Balaban J connectivity index is 1.66. The van der Waals surface area contributed by atoms with E-state index in [0.29, 0.717) is 29.5 Å². The van der Waals surface area contributed by atoms with Gasteiger partial charge in [0.25, 0.3) is 0 Å². The number of methoxy groups -OCH3 is 1. The third-order valence-corrected chi connectivity index (χ3v) is 5.74. The Hall–Kier alpha value is -3.58. The number of benzene rings is 2. The highest BCUT2D eigenvalue weighted by Gasteiger charge is 2.16. The van der Waals surface area contributed by atoms with Crippen molar-refractivity contribution in [1.82, 2.24) is 15.0 Å².